The van der Waals surface area contributed by atoms with Crippen molar-refractivity contribution in [1.82, 2.24) is 0 Å². The third-order valence-electron chi connectivity index (χ3n) is 1.14. The van der Waals surface area contributed by atoms with Crippen LogP contribution in [0.25, 0.3) is 0 Å². The molecule has 0 unspecified atom stereocenters. The lowest BCUT2D eigenvalue weighted by Gasteiger charge is -1.87. The van der Waals surface area contributed by atoms with E-state index >= 15 is 0 Å². The average Bonchev–Trinajstić information content (AvgIpc) is 2.36. The lowest BCUT2D eigenvalue weighted by molar-refractivity contribution is 1.09. The SMILES string of the molecule is C=NC1=C(C=NC)N=NC1. The Hall–Kier alpha value is -1.32. The predicted molar refractivity (Wildman–Crippen MR) is 40.7 cm³/mol. The number of hydrogen-bond donors (Lipinski definition) is 0. The fraction of sp³-hybridized carbons (Fsp3) is 0.333. The maximum Gasteiger partial charge on any atom is 0.126 e. The van der Waals surface area contributed by atoms with Crippen molar-refractivity contribution in [3.63, 3.8) is 0 Å². The van der Waals surface area contributed by atoms with Gasteiger partial charge in [-0.1, -0.05) is 0 Å². The lowest BCUT2D eigenvalue weighted by atomic mass is 10.4. The summed E-state index contributed by atoms with van der Waals surface area (Å²) in [4.78, 5) is 7.53. The zero-order chi connectivity index (χ0) is 7.40. The largest absolute Gasteiger partial charge is 0.294 e. The van der Waals surface area contributed by atoms with Crippen molar-refractivity contribution in [2.75, 3.05) is 13.6 Å². The highest BCUT2D eigenvalue weighted by Gasteiger charge is 2.06. The van der Waals surface area contributed by atoms with Crippen LogP contribution in [0.5, 0.6) is 0 Å². The molecule has 1 aliphatic heterocycles. The minimum atomic E-state index is 0.533. The van der Waals surface area contributed by atoms with Gasteiger partial charge in [0, 0.05) is 7.05 Å². The van der Waals surface area contributed by atoms with E-state index in [1.807, 2.05) is 0 Å². The van der Waals surface area contributed by atoms with Crippen LogP contribution >= 0.6 is 0 Å². The van der Waals surface area contributed by atoms with Crippen LogP contribution in [0.4, 0.5) is 0 Å². The minimum Gasteiger partial charge on any atom is -0.294 e. The quantitative estimate of drug-likeness (QED) is 0.510. The van der Waals surface area contributed by atoms with E-state index in [2.05, 4.69) is 26.9 Å². The van der Waals surface area contributed by atoms with Crippen LogP contribution in [0, 0.1) is 0 Å². The Kier molecular flexibility index (Phi) is 2.04. The molecular weight excluding hydrogens is 128 g/mol. The zero-order valence-electron chi connectivity index (χ0n) is 5.78. The summed E-state index contributed by atoms with van der Waals surface area (Å²) < 4.78 is 0. The van der Waals surface area contributed by atoms with Crippen molar-refractivity contribution in [3.05, 3.63) is 11.4 Å². The first-order valence-electron chi connectivity index (χ1n) is 2.88. The van der Waals surface area contributed by atoms with E-state index in [9.17, 15) is 0 Å². The van der Waals surface area contributed by atoms with E-state index in [-0.39, 0.29) is 0 Å². The molecule has 0 spiro atoms. The topological polar surface area (TPSA) is 49.4 Å². The Balaban J connectivity index is 2.86. The summed E-state index contributed by atoms with van der Waals surface area (Å²) in [5.41, 5.74) is 1.52. The van der Waals surface area contributed by atoms with Gasteiger partial charge in [-0.3, -0.25) is 9.98 Å². The summed E-state index contributed by atoms with van der Waals surface area (Å²) in [6.45, 7) is 3.92. The third-order valence-corrected chi connectivity index (χ3v) is 1.14. The molecule has 0 saturated carbocycles. The fourth-order valence-corrected chi connectivity index (χ4v) is 0.671. The fourth-order valence-electron chi connectivity index (χ4n) is 0.671. The zero-order valence-corrected chi connectivity index (χ0v) is 5.78. The molecule has 1 aliphatic rings. The molecule has 1 heterocycles. The molecule has 52 valence electrons. The smallest absolute Gasteiger partial charge is 0.126 e. The molecule has 0 fully saturated rings. The molecule has 0 radical (unpaired) electrons. The van der Waals surface area contributed by atoms with Gasteiger partial charge in [-0.2, -0.15) is 10.2 Å². The highest BCUT2D eigenvalue weighted by molar-refractivity contribution is 5.79. The van der Waals surface area contributed by atoms with E-state index < -0.39 is 0 Å². The third kappa shape index (κ3) is 1.15. The first-order valence-corrected chi connectivity index (χ1v) is 2.88. The normalized spacial score (nSPS) is 17.3. The summed E-state index contributed by atoms with van der Waals surface area (Å²) in [5.74, 6) is 0. The van der Waals surface area contributed by atoms with Crippen LogP contribution in [-0.4, -0.2) is 26.5 Å². The van der Waals surface area contributed by atoms with E-state index in [1.54, 1.807) is 13.3 Å². The summed E-state index contributed by atoms with van der Waals surface area (Å²) >= 11 is 0. The molecule has 0 aromatic heterocycles. The standard InChI is InChI=1S/C6H8N4/c1-7-3-6-5(8-2)4-9-10-6/h3H,2,4H2,1H3. The van der Waals surface area contributed by atoms with Gasteiger partial charge in [0.2, 0.25) is 0 Å². The molecular formula is C6H8N4. The van der Waals surface area contributed by atoms with Crippen molar-refractivity contribution in [3.8, 4) is 0 Å². The van der Waals surface area contributed by atoms with Gasteiger partial charge in [0.25, 0.3) is 0 Å². The summed E-state index contributed by atoms with van der Waals surface area (Å²) in [5, 5.41) is 7.56. The van der Waals surface area contributed by atoms with Crippen LogP contribution in [0.1, 0.15) is 0 Å². The number of aliphatic imine (C=N–C) groups is 2. The average molecular weight is 136 g/mol. The van der Waals surface area contributed by atoms with Crippen molar-refractivity contribution >= 4 is 12.9 Å². The van der Waals surface area contributed by atoms with E-state index in [0.29, 0.717) is 6.54 Å². The van der Waals surface area contributed by atoms with Gasteiger partial charge >= 0.3 is 0 Å². The monoisotopic (exact) mass is 136 g/mol. The highest BCUT2D eigenvalue weighted by atomic mass is 15.2. The number of nitrogens with zero attached hydrogens (tertiary/aromatic N) is 4. The Morgan fingerprint density at radius 2 is 2.50 bits per heavy atom. The van der Waals surface area contributed by atoms with Gasteiger partial charge in [-0.25, -0.2) is 0 Å². The molecule has 0 atom stereocenters. The van der Waals surface area contributed by atoms with Gasteiger partial charge in [0.05, 0.1) is 11.9 Å². The van der Waals surface area contributed by atoms with E-state index in [1.165, 1.54) is 0 Å². The molecule has 1 rings (SSSR count). The summed E-state index contributed by atoms with van der Waals surface area (Å²) in [6.07, 6.45) is 1.63. The van der Waals surface area contributed by atoms with Gasteiger partial charge in [-0.15, -0.1) is 0 Å². The first kappa shape index (κ1) is 6.80. The van der Waals surface area contributed by atoms with Gasteiger partial charge in [-0.05, 0) is 6.72 Å². The molecule has 4 nitrogen and oxygen atoms in total. The van der Waals surface area contributed by atoms with Crippen molar-refractivity contribution in [2.45, 2.75) is 0 Å². The second kappa shape index (κ2) is 3.00. The first-order chi connectivity index (χ1) is 4.88. The molecule has 0 bridgehead atoms. The van der Waals surface area contributed by atoms with Crippen molar-refractivity contribution in [1.29, 1.82) is 0 Å². The Bertz CT molecular complexity index is 224. The molecule has 4 heteroatoms. The molecule has 0 saturated heterocycles. The van der Waals surface area contributed by atoms with Crippen LogP contribution < -0.4 is 0 Å². The van der Waals surface area contributed by atoms with E-state index in [0.717, 1.165) is 11.4 Å². The van der Waals surface area contributed by atoms with Gasteiger partial charge in [0.1, 0.15) is 12.2 Å². The summed E-state index contributed by atoms with van der Waals surface area (Å²) in [6, 6.07) is 0. The second-order valence-electron chi connectivity index (χ2n) is 1.78. The Morgan fingerprint density at radius 3 is 3.10 bits per heavy atom. The van der Waals surface area contributed by atoms with Crippen LogP contribution in [0.15, 0.2) is 31.6 Å². The number of allylic oxidation sites excluding steroid dienone is 1. The van der Waals surface area contributed by atoms with Crippen molar-refractivity contribution in [2.24, 2.45) is 20.2 Å². The molecule has 0 aromatic carbocycles. The second-order valence-corrected chi connectivity index (χ2v) is 1.78. The van der Waals surface area contributed by atoms with Crippen molar-refractivity contribution < 1.29 is 0 Å². The molecule has 10 heavy (non-hydrogen) atoms. The molecule has 0 aliphatic carbocycles. The van der Waals surface area contributed by atoms with Crippen LogP contribution in [0.3, 0.4) is 0 Å². The van der Waals surface area contributed by atoms with E-state index in [4.69, 9.17) is 0 Å². The van der Waals surface area contributed by atoms with Gasteiger partial charge in [0.15, 0.2) is 0 Å². The molecule has 0 N–H and O–H groups in total. The van der Waals surface area contributed by atoms with Gasteiger partial charge < -0.3 is 0 Å². The molecule has 0 aromatic rings. The van der Waals surface area contributed by atoms with Crippen LogP contribution in [-0.2, 0) is 0 Å². The lowest BCUT2D eigenvalue weighted by Crippen LogP contribution is -1.84. The van der Waals surface area contributed by atoms with Crippen LogP contribution in [0.2, 0.25) is 0 Å². The number of azo groups is 1. The maximum atomic E-state index is 3.80. The number of hydrogen-bond acceptors (Lipinski definition) is 4. The predicted octanol–water partition coefficient (Wildman–Crippen LogP) is 1.06. The summed E-state index contributed by atoms with van der Waals surface area (Å²) in [7, 11) is 1.68. The minimum absolute atomic E-state index is 0.533. The Morgan fingerprint density at radius 1 is 1.70 bits per heavy atom. The Labute approximate surface area is 59.1 Å². The highest BCUT2D eigenvalue weighted by Crippen LogP contribution is 2.12. The maximum absolute atomic E-state index is 3.80. The number of rotatable bonds is 2. The molecule has 0 amide bonds.